The standard InChI is InChI=1S/C8H14N4O5S/c1-6-9-8(17-10-6)11-18(14,15)12(2)5-4-7(13)16-3/h4-5H2,1-3H3,(H,9,10,11). The van der Waals surface area contributed by atoms with Gasteiger partial charge in [-0.05, 0) is 6.92 Å². The molecule has 0 unspecified atom stereocenters. The van der Waals surface area contributed by atoms with Crippen molar-refractivity contribution in [1.29, 1.82) is 0 Å². The summed E-state index contributed by atoms with van der Waals surface area (Å²) < 4.78 is 35.6. The number of nitrogens with one attached hydrogen (secondary N) is 1. The number of anilines is 1. The Balaban J connectivity index is 2.60. The molecule has 18 heavy (non-hydrogen) atoms. The summed E-state index contributed by atoms with van der Waals surface area (Å²) in [5.74, 6) is -0.185. The zero-order valence-electron chi connectivity index (χ0n) is 10.2. The van der Waals surface area contributed by atoms with Crippen LogP contribution in [0.2, 0.25) is 0 Å². The molecule has 102 valence electrons. The number of methoxy groups -OCH3 is 1. The fourth-order valence-corrected chi connectivity index (χ4v) is 1.79. The van der Waals surface area contributed by atoms with Crippen molar-refractivity contribution < 1.29 is 22.5 Å². The molecule has 0 atom stereocenters. The van der Waals surface area contributed by atoms with Crippen LogP contribution < -0.4 is 4.72 Å². The average Bonchev–Trinajstić information content (AvgIpc) is 2.70. The third-order valence-electron chi connectivity index (χ3n) is 2.01. The third-order valence-corrected chi connectivity index (χ3v) is 3.45. The number of aryl methyl sites for hydroxylation is 1. The van der Waals surface area contributed by atoms with Gasteiger partial charge in [-0.3, -0.25) is 4.79 Å². The van der Waals surface area contributed by atoms with Gasteiger partial charge in [0.25, 0.3) is 0 Å². The lowest BCUT2D eigenvalue weighted by Crippen LogP contribution is -2.34. The molecule has 0 aliphatic rings. The lowest BCUT2D eigenvalue weighted by atomic mass is 10.4. The Hall–Kier alpha value is -1.68. The third kappa shape index (κ3) is 3.96. The van der Waals surface area contributed by atoms with Gasteiger partial charge < -0.3 is 9.26 Å². The van der Waals surface area contributed by atoms with Crippen molar-refractivity contribution in [3.8, 4) is 0 Å². The second kappa shape index (κ2) is 5.78. The summed E-state index contributed by atoms with van der Waals surface area (Å²) in [6.07, 6.45) is -0.0449. The van der Waals surface area contributed by atoms with Gasteiger partial charge in [-0.25, -0.2) is 4.72 Å². The first kappa shape index (κ1) is 14.4. The van der Waals surface area contributed by atoms with Gasteiger partial charge in [0.15, 0.2) is 5.82 Å². The lowest BCUT2D eigenvalue weighted by molar-refractivity contribution is -0.140. The number of hydrogen-bond acceptors (Lipinski definition) is 7. The molecule has 1 rings (SSSR count). The van der Waals surface area contributed by atoms with Gasteiger partial charge >= 0.3 is 22.2 Å². The van der Waals surface area contributed by atoms with Crippen LogP contribution in [0, 0.1) is 6.92 Å². The molecule has 0 aliphatic carbocycles. The van der Waals surface area contributed by atoms with Crippen LogP contribution in [0.1, 0.15) is 12.2 Å². The molecule has 0 spiro atoms. The molecule has 0 aliphatic heterocycles. The highest BCUT2D eigenvalue weighted by molar-refractivity contribution is 7.90. The fourth-order valence-electron chi connectivity index (χ4n) is 0.998. The predicted molar refractivity (Wildman–Crippen MR) is 60.8 cm³/mol. The van der Waals surface area contributed by atoms with Crippen LogP contribution in [0.4, 0.5) is 6.01 Å². The minimum absolute atomic E-state index is 0.0187. The van der Waals surface area contributed by atoms with Crippen LogP contribution in [-0.4, -0.2) is 49.5 Å². The van der Waals surface area contributed by atoms with Crippen LogP contribution in [0.5, 0.6) is 0 Å². The molecule has 0 fully saturated rings. The first-order valence-electron chi connectivity index (χ1n) is 4.96. The Morgan fingerprint density at radius 2 is 2.22 bits per heavy atom. The molecular weight excluding hydrogens is 264 g/mol. The van der Waals surface area contributed by atoms with Crippen LogP contribution in [0.3, 0.4) is 0 Å². The number of aromatic nitrogens is 2. The van der Waals surface area contributed by atoms with Crippen molar-refractivity contribution in [3.63, 3.8) is 0 Å². The van der Waals surface area contributed by atoms with Crippen LogP contribution in [0.15, 0.2) is 4.52 Å². The second-order valence-corrected chi connectivity index (χ2v) is 5.18. The smallest absolute Gasteiger partial charge is 0.336 e. The van der Waals surface area contributed by atoms with Gasteiger partial charge in [0, 0.05) is 13.6 Å². The number of esters is 1. The van der Waals surface area contributed by atoms with Crippen molar-refractivity contribution in [2.75, 3.05) is 25.4 Å². The van der Waals surface area contributed by atoms with E-state index in [4.69, 9.17) is 0 Å². The molecule has 0 saturated heterocycles. The quantitative estimate of drug-likeness (QED) is 0.699. The Morgan fingerprint density at radius 3 is 2.72 bits per heavy atom. The number of ether oxygens (including phenoxy) is 1. The maximum absolute atomic E-state index is 11.7. The van der Waals surface area contributed by atoms with E-state index in [1.54, 1.807) is 6.92 Å². The first-order valence-corrected chi connectivity index (χ1v) is 6.40. The van der Waals surface area contributed by atoms with Crippen LogP contribution in [-0.2, 0) is 19.7 Å². The summed E-state index contributed by atoms with van der Waals surface area (Å²) >= 11 is 0. The highest BCUT2D eigenvalue weighted by Gasteiger charge is 2.21. The van der Waals surface area contributed by atoms with Gasteiger partial charge in [-0.2, -0.15) is 17.7 Å². The van der Waals surface area contributed by atoms with Gasteiger partial charge in [-0.15, -0.1) is 0 Å². The molecule has 1 aromatic heterocycles. The van der Waals surface area contributed by atoms with E-state index in [2.05, 4.69) is 24.1 Å². The van der Waals surface area contributed by atoms with Gasteiger partial charge in [0.1, 0.15) is 0 Å². The second-order valence-electron chi connectivity index (χ2n) is 3.40. The lowest BCUT2D eigenvalue weighted by Gasteiger charge is -2.15. The van der Waals surface area contributed by atoms with Crippen molar-refractivity contribution in [3.05, 3.63) is 5.82 Å². The van der Waals surface area contributed by atoms with E-state index in [1.165, 1.54) is 14.2 Å². The van der Waals surface area contributed by atoms with E-state index in [0.717, 1.165) is 4.31 Å². The minimum atomic E-state index is -3.82. The monoisotopic (exact) mass is 278 g/mol. The maximum Gasteiger partial charge on any atom is 0.336 e. The predicted octanol–water partition coefficient (Wildman–Crippen LogP) is -0.470. The molecule has 1 heterocycles. The normalized spacial score (nSPS) is 11.6. The van der Waals surface area contributed by atoms with Crippen LogP contribution >= 0.6 is 0 Å². The average molecular weight is 278 g/mol. The molecule has 0 radical (unpaired) electrons. The first-order chi connectivity index (χ1) is 8.35. The molecule has 0 saturated carbocycles. The zero-order valence-corrected chi connectivity index (χ0v) is 11.0. The van der Waals surface area contributed by atoms with E-state index in [-0.39, 0.29) is 19.0 Å². The summed E-state index contributed by atoms with van der Waals surface area (Å²) in [6, 6.07) is -0.225. The van der Waals surface area contributed by atoms with Crippen molar-refractivity contribution in [1.82, 2.24) is 14.4 Å². The van der Waals surface area contributed by atoms with Crippen molar-refractivity contribution in [2.45, 2.75) is 13.3 Å². The Bertz CT molecular complexity index is 511. The summed E-state index contributed by atoms with van der Waals surface area (Å²) in [6.45, 7) is 1.54. The topological polar surface area (TPSA) is 115 Å². The molecule has 1 aromatic rings. The molecule has 9 nitrogen and oxygen atoms in total. The minimum Gasteiger partial charge on any atom is -0.469 e. The summed E-state index contributed by atoms with van der Waals surface area (Å²) in [7, 11) is -1.28. The molecule has 0 aromatic carbocycles. The largest absolute Gasteiger partial charge is 0.469 e. The number of carbonyl (C=O) groups excluding carboxylic acids is 1. The van der Waals surface area contributed by atoms with Gasteiger partial charge in [0.2, 0.25) is 0 Å². The summed E-state index contributed by atoms with van der Waals surface area (Å²) in [4.78, 5) is 14.6. The molecule has 0 bridgehead atoms. The maximum atomic E-state index is 11.7. The van der Waals surface area contributed by atoms with E-state index in [0.29, 0.717) is 5.82 Å². The molecular formula is C8H14N4O5S. The van der Waals surface area contributed by atoms with E-state index >= 15 is 0 Å². The number of hydrogen-bond donors (Lipinski definition) is 1. The zero-order chi connectivity index (χ0) is 13.8. The Morgan fingerprint density at radius 1 is 1.56 bits per heavy atom. The highest BCUT2D eigenvalue weighted by atomic mass is 32.2. The fraction of sp³-hybridized carbons (Fsp3) is 0.625. The van der Waals surface area contributed by atoms with Crippen LogP contribution in [0.25, 0.3) is 0 Å². The number of nitrogens with zero attached hydrogens (tertiary/aromatic N) is 3. The van der Waals surface area contributed by atoms with Gasteiger partial charge in [-0.1, -0.05) is 5.16 Å². The Labute approximate surface area is 104 Å². The van der Waals surface area contributed by atoms with Gasteiger partial charge in [0.05, 0.1) is 13.5 Å². The van der Waals surface area contributed by atoms with E-state index in [1.807, 2.05) is 0 Å². The molecule has 10 heteroatoms. The number of carbonyl (C=O) groups is 1. The van der Waals surface area contributed by atoms with E-state index in [9.17, 15) is 13.2 Å². The summed E-state index contributed by atoms with van der Waals surface area (Å²) in [5.41, 5.74) is 0. The summed E-state index contributed by atoms with van der Waals surface area (Å²) in [5, 5.41) is 3.44. The van der Waals surface area contributed by atoms with E-state index < -0.39 is 16.2 Å². The molecule has 1 N–H and O–H groups in total. The SMILES string of the molecule is COC(=O)CCN(C)S(=O)(=O)Nc1nc(C)no1. The van der Waals surface area contributed by atoms with Crippen molar-refractivity contribution >= 4 is 22.2 Å². The molecule has 0 amide bonds. The Kier molecular flexibility index (Phi) is 4.62. The number of rotatable bonds is 6. The van der Waals surface area contributed by atoms with Crippen molar-refractivity contribution in [2.24, 2.45) is 0 Å². The highest BCUT2D eigenvalue weighted by Crippen LogP contribution is 2.08.